The van der Waals surface area contributed by atoms with Crippen molar-refractivity contribution in [1.82, 2.24) is 4.31 Å². The number of aliphatic hydroxyl groups is 1. The summed E-state index contributed by atoms with van der Waals surface area (Å²) in [5.41, 5.74) is 4.51. The summed E-state index contributed by atoms with van der Waals surface area (Å²) in [5, 5.41) is 9.74. The molecule has 0 aliphatic carbocycles. The average molecular weight is 280 g/mol. The highest BCUT2D eigenvalue weighted by Gasteiger charge is 2.36. The van der Waals surface area contributed by atoms with Crippen LogP contribution >= 0.6 is 0 Å². The highest BCUT2D eigenvalue weighted by atomic mass is 32.2. The molecule has 108 valence electrons. The smallest absolute Gasteiger partial charge is 0.218 e. The molecule has 0 aromatic heterocycles. The molecule has 0 spiro atoms. The van der Waals surface area contributed by atoms with E-state index < -0.39 is 20.9 Å². The molecule has 0 aromatic carbocycles. The maximum Gasteiger partial charge on any atom is 0.218 e. The van der Waals surface area contributed by atoms with Crippen LogP contribution in [0.1, 0.15) is 26.2 Å². The molecule has 1 heterocycles. The lowest BCUT2D eigenvalue weighted by Gasteiger charge is -2.35. The number of hydrogen-bond donors (Lipinski definition) is 2. The zero-order chi connectivity index (χ0) is 13.8. The van der Waals surface area contributed by atoms with E-state index in [0.29, 0.717) is 32.5 Å². The summed E-state index contributed by atoms with van der Waals surface area (Å²) in [6, 6.07) is 0. The van der Waals surface area contributed by atoms with Gasteiger partial charge in [0, 0.05) is 46.2 Å². The highest BCUT2D eigenvalue weighted by molar-refractivity contribution is 7.89. The molecule has 1 aliphatic rings. The number of nitrogens with zero attached hydrogens (tertiary/aromatic N) is 1. The predicted octanol–water partition coefficient (Wildman–Crippen LogP) is -0.473. The van der Waals surface area contributed by atoms with Gasteiger partial charge in [0.25, 0.3) is 0 Å². The predicted molar refractivity (Wildman–Crippen MR) is 69.7 cm³/mol. The van der Waals surface area contributed by atoms with Crippen LogP contribution in [0.25, 0.3) is 0 Å². The standard InChI is InChI=1S/C11H24N2O4S/c1-3-10(8-12)18(15,16)13(2)9-11(14)4-6-17-7-5-11/h10,14H,3-9,12H2,1-2H3. The van der Waals surface area contributed by atoms with E-state index in [4.69, 9.17) is 10.5 Å². The van der Waals surface area contributed by atoms with Crippen LogP contribution in [0.2, 0.25) is 0 Å². The first-order valence-electron chi connectivity index (χ1n) is 6.31. The zero-order valence-corrected chi connectivity index (χ0v) is 11.9. The maximum absolute atomic E-state index is 12.2. The number of nitrogens with two attached hydrogens (primary N) is 1. The van der Waals surface area contributed by atoms with Crippen LogP contribution < -0.4 is 5.73 Å². The van der Waals surface area contributed by atoms with E-state index in [9.17, 15) is 13.5 Å². The van der Waals surface area contributed by atoms with Crippen molar-refractivity contribution in [1.29, 1.82) is 0 Å². The summed E-state index contributed by atoms with van der Waals surface area (Å²) in [5.74, 6) is 0. The molecule has 7 heteroatoms. The minimum Gasteiger partial charge on any atom is -0.388 e. The van der Waals surface area contributed by atoms with E-state index in [1.54, 1.807) is 6.92 Å². The van der Waals surface area contributed by atoms with Gasteiger partial charge in [-0.1, -0.05) is 6.92 Å². The summed E-state index contributed by atoms with van der Waals surface area (Å²) in [6.07, 6.45) is 1.41. The topological polar surface area (TPSA) is 92.9 Å². The fourth-order valence-electron chi connectivity index (χ4n) is 2.17. The zero-order valence-electron chi connectivity index (χ0n) is 11.1. The van der Waals surface area contributed by atoms with Gasteiger partial charge in [-0.25, -0.2) is 12.7 Å². The summed E-state index contributed by atoms with van der Waals surface area (Å²) in [7, 11) is -1.93. The average Bonchev–Trinajstić information content (AvgIpc) is 2.30. The fraction of sp³-hybridized carbons (Fsp3) is 1.00. The van der Waals surface area contributed by atoms with Crippen molar-refractivity contribution in [2.24, 2.45) is 5.73 Å². The third kappa shape index (κ3) is 3.64. The van der Waals surface area contributed by atoms with E-state index >= 15 is 0 Å². The summed E-state index contributed by atoms with van der Waals surface area (Å²) in [6.45, 7) is 2.95. The first-order valence-corrected chi connectivity index (χ1v) is 7.81. The molecule has 1 aliphatic heterocycles. The largest absolute Gasteiger partial charge is 0.388 e. The van der Waals surface area contributed by atoms with Crippen LogP contribution in [0.4, 0.5) is 0 Å². The number of rotatable bonds is 6. The van der Waals surface area contributed by atoms with Crippen molar-refractivity contribution in [3.05, 3.63) is 0 Å². The van der Waals surface area contributed by atoms with E-state index in [-0.39, 0.29) is 13.1 Å². The third-order valence-electron chi connectivity index (χ3n) is 3.51. The molecule has 0 amide bonds. The van der Waals surface area contributed by atoms with Gasteiger partial charge < -0.3 is 15.6 Å². The van der Waals surface area contributed by atoms with Crippen LogP contribution in [-0.4, -0.2) is 62.0 Å². The van der Waals surface area contributed by atoms with Crippen LogP contribution in [0.5, 0.6) is 0 Å². The molecule has 1 saturated heterocycles. The molecule has 3 N–H and O–H groups in total. The Hall–Kier alpha value is -0.210. The Kier molecular flexibility index (Phi) is 5.54. The SMILES string of the molecule is CCC(CN)S(=O)(=O)N(C)CC1(O)CCOCC1. The van der Waals surface area contributed by atoms with Crippen molar-refractivity contribution < 1.29 is 18.3 Å². The van der Waals surface area contributed by atoms with Gasteiger partial charge in [-0.2, -0.15) is 0 Å². The number of hydrogen-bond acceptors (Lipinski definition) is 5. The van der Waals surface area contributed by atoms with Crippen LogP contribution in [0.3, 0.4) is 0 Å². The van der Waals surface area contributed by atoms with Crippen LogP contribution in [0, 0.1) is 0 Å². The summed E-state index contributed by atoms with van der Waals surface area (Å²) < 4.78 is 30.8. The maximum atomic E-state index is 12.2. The molecular formula is C11H24N2O4S. The fourth-order valence-corrected chi connectivity index (χ4v) is 3.76. The molecule has 0 saturated carbocycles. The molecule has 18 heavy (non-hydrogen) atoms. The Morgan fingerprint density at radius 2 is 2.00 bits per heavy atom. The molecule has 1 rings (SSSR count). The lowest BCUT2D eigenvalue weighted by molar-refractivity contribution is -0.0690. The highest BCUT2D eigenvalue weighted by Crippen LogP contribution is 2.23. The summed E-state index contributed by atoms with van der Waals surface area (Å²) in [4.78, 5) is 0. The second kappa shape index (κ2) is 6.29. The molecular weight excluding hydrogens is 256 g/mol. The number of sulfonamides is 1. The number of ether oxygens (including phenoxy) is 1. The van der Waals surface area contributed by atoms with Gasteiger partial charge in [0.1, 0.15) is 0 Å². The van der Waals surface area contributed by atoms with Gasteiger partial charge in [0.15, 0.2) is 0 Å². The molecule has 6 nitrogen and oxygen atoms in total. The lowest BCUT2D eigenvalue weighted by Crippen LogP contribution is -2.50. The van der Waals surface area contributed by atoms with E-state index in [0.717, 1.165) is 0 Å². The molecule has 0 radical (unpaired) electrons. The van der Waals surface area contributed by atoms with Crippen molar-refractivity contribution in [2.45, 2.75) is 37.0 Å². The Bertz CT molecular complexity index is 348. The van der Waals surface area contributed by atoms with Crippen molar-refractivity contribution in [3.8, 4) is 0 Å². The van der Waals surface area contributed by atoms with E-state index in [2.05, 4.69) is 0 Å². The van der Waals surface area contributed by atoms with Gasteiger partial charge in [-0.15, -0.1) is 0 Å². The second-order valence-electron chi connectivity index (χ2n) is 4.90. The molecule has 0 aromatic rings. The monoisotopic (exact) mass is 280 g/mol. The molecule has 1 unspecified atom stereocenters. The first-order chi connectivity index (χ1) is 8.35. The second-order valence-corrected chi connectivity index (χ2v) is 7.22. The first kappa shape index (κ1) is 15.8. The Morgan fingerprint density at radius 1 is 1.44 bits per heavy atom. The molecule has 0 bridgehead atoms. The van der Waals surface area contributed by atoms with Crippen molar-refractivity contribution in [2.75, 3.05) is 33.4 Å². The lowest BCUT2D eigenvalue weighted by atomic mass is 9.95. The quantitative estimate of drug-likeness (QED) is 0.686. The Labute approximate surface area is 109 Å². The van der Waals surface area contributed by atoms with Gasteiger partial charge in [0.05, 0.1) is 10.9 Å². The van der Waals surface area contributed by atoms with E-state index in [1.165, 1.54) is 11.4 Å². The Balaban J connectivity index is 2.71. The van der Waals surface area contributed by atoms with Gasteiger partial charge >= 0.3 is 0 Å². The normalized spacial score (nSPS) is 22.1. The van der Waals surface area contributed by atoms with Gasteiger partial charge in [0.2, 0.25) is 10.0 Å². The Morgan fingerprint density at radius 3 is 2.44 bits per heavy atom. The third-order valence-corrected chi connectivity index (χ3v) is 5.88. The van der Waals surface area contributed by atoms with Gasteiger partial charge in [-0.05, 0) is 6.42 Å². The number of likely N-dealkylation sites (N-methyl/N-ethyl adjacent to an activating group) is 1. The molecule has 1 atom stereocenters. The molecule has 1 fully saturated rings. The summed E-state index contributed by atoms with van der Waals surface area (Å²) >= 11 is 0. The van der Waals surface area contributed by atoms with Crippen molar-refractivity contribution in [3.63, 3.8) is 0 Å². The minimum absolute atomic E-state index is 0.102. The van der Waals surface area contributed by atoms with Crippen molar-refractivity contribution >= 4 is 10.0 Å². The van der Waals surface area contributed by atoms with Crippen LogP contribution in [-0.2, 0) is 14.8 Å². The van der Waals surface area contributed by atoms with Gasteiger partial charge in [-0.3, -0.25) is 0 Å². The van der Waals surface area contributed by atoms with Crippen LogP contribution in [0.15, 0.2) is 0 Å². The van der Waals surface area contributed by atoms with E-state index in [1.807, 2.05) is 0 Å². The minimum atomic E-state index is -3.43.